The summed E-state index contributed by atoms with van der Waals surface area (Å²) in [6.45, 7) is 0. The van der Waals surface area contributed by atoms with Crippen LogP contribution >= 0.6 is 0 Å². The van der Waals surface area contributed by atoms with E-state index in [0.717, 1.165) is 24.6 Å². The summed E-state index contributed by atoms with van der Waals surface area (Å²) in [4.78, 5) is 19.7. The van der Waals surface area contributed by atoms with Gasteiger partial charge in [-0.1, -0.05) is 6.07 Å². The zero-order valence-electron chi connectivity index (χ0n) is 13.8. The number of halogens is 1. The van der Waals surface area contributed by atoms with E-state index in [1.54, 1.807) is 30.5 Å². The Bertz CT molecular complexity index is 986. The zero-order chi connectivity index (χ0) is 18.1. The average Bonchev–Trinajstić information content (AvgIpc) is 3.48. The number of carbonyl (C=O) groups is 1. The van der Waals surface area contributed by atoms with Crippen LogP contribution in [0.4, 0.5) is 15.8 Å². The van der Waals surface area contributed by atoms with E-state index in [4.69, 9.17) is 0 Å². The third kappa shape index (κ3) is 3.13. The summed E-state index contributed by atoms with van der Waals surface area (Å²) in [7, 11) is 0. The predicted molar refractivity (Wildman–Crippen MR) is 96.1 cm³/mol. The fourth-order valence-corrected chi connectivity index (χ4v) is 2.95. The summed E-state index contributed by atoms with van der Waals surface area (Å²) < 4.78 is 14.1. The lowest BCUT2D eigenvalue weighted by atomic mass is 10.0. The number of hydrogen-bond acceptors (Lipinski definition) is 4. The normalized spacial score (nSPS) is 13.4. The lowest BCUT2D eigenvalue weighted by Crippen LogP contribution is -2.05. The third-order valence-electron chi connectivity index (χ3n) is 4.43. The van der Waals surface area contributed by atoms with Crippen LogP contribution in [-0.4, -0.2) is 21.0 Å². The van der Waals surface area contributed by atoms with Gasteiger partial charge < -0.3 is 10.4 Å². The molecule has 6 heteroatoms. The Balaban J connectivity index is 1.75. The summed E-state index contributed by atoms with van der Waals surface area (Å²) in [5.41, 5.74) is 2.91. The molecule has 26 heavy (non-hydrogen) atoms. The molecule has 0 spiro atoms. The van der Waals surface area contributed by atoms with Crippen LogP contribution in [0.1, 0.15) is 34.7 Å². The van der Waals surface area contributed by atoms with Gasteiger partial charge in [-0.15, -0.1) is 0 Å². The quantitative estimate of drug-likeness (QED) is 0.704. The number of aromatic nitrogens is 2. The summed E-state index contributed by atoms with van der Waals surface area (Å²) >= 11 is 0. The summed E-state index contributed by atoms with van der Waals surface area (Å²) in [6, 6.07) is 10.4. The molecule has 1 saturated carbocycles. The first-order valence-corrected chi connectivity index (χ1v) is 8.32. The molecule has 0 aliphatic heterocycles. The zero-order valence-corrected chi connectivity index (χ0v) is 13.8. The molecule has 1 fully saturated rings. The van der Waals surface area contributed by atoms with Gasteiger partial charge in [0.05, 0.1) is 28.8 Å². The fourth-order valence-electron chi connectivity index (χ4n) is 2.95. The third-order valence-corrected chi connectivity index (χ3v) is 4.43. The topological polar surface area (TPSA) is 75.1 Å². The van der Waals surface area contributed by atoms with Crippen molar-refractivity contribution in [1.29, 1.82) is 0 Å². The van der Waals surface area contributed by atoms with Gasteiger partial charge in [-0.05, 0) is 54.7 Å². The van der Waals surface area contributed by atoms with Gasteiger partial charge in [0.2, 0.25) is 0 Å². The van der Waals surface area contributed by atoms with Crippen molar-refractivity contribution < 1.29 is 14.3 Å². The molecule has 0 atom stereocenters. The Morgan fingerprint density at radius 3 is 2.73 bits per heavy atom. The van der Waals surface area contributed by atoms with Crippen LogP contribution in [0, 0.1) is 5.82 Å². The molecule has 2 N–H and O–H groups in total. The van der Waals surface area contributed by atoms with Gasteiger partial charge in [-0.2, -0.15) is 0 Å². The molecule has 1 aromatic carbocycles. The molecule has 4 rings (SSSR count). The standard InChI is InChI=1S/C20H16FN3O2/c21-16-11-22-9-7-14(16)19-18(2-1-8-23-19)24-17-6-5-13(12-3-4-12)10-15(17)20(25)26/h1-2,5-12,24H,3-4H2,(H,25,26). The van der Waals surface area contributed by atoms with Crippen LogP contribution in [0.5, 0.6) is 0 Å². The van der Waals surface area contributed by atoms with Crippen LogP contribution in [0.15, 0.2) is 55.0 Å². The number of carboxylic acids is 1. The van der Waals surface area contributed by atoms with Gasteiger partial charge in [0.15, 0.2) is 5.82 Å². The smallest absolute Gasteiger partial charge is 0.337 e. The number of nitrogens with one attached hydrogen (secondary N) is 1. The molecule has 0 saturated heterocycles. The van der Waals surface area contributed by atoms with Gasteiger partial charge in [0, 0.05) is 18.0 Å². The minimum Gasteiger partial charge on any atom is -0.478 e. The number of anilines is 2. The molecule has 0 amide bonds. The van der Waals surface area contributed by atoms with Crippen LogP contribution in [-0.2, 0) is 0 Å². The minimum absolute atomic E-state index is 0.194. The van der Waals surface area contributed by atoms with E-state index in [9.17, 15) is 14.3 Å². The molecule has 2 heterocycles. The highest BCUT2D eigenvalue weighted by atomic mass is 19.1. The largest absolute Gasteiger partial charge is 0.478 e. The molecular weight excluding hydrogens is 333 g/mol. The molecule has 1 aliphatic carbocycles. The molecule has 0 radical (unpaired) electrons. The molecule has 1 aliphatic rings. The van der Waals surface area contributed by atoms with Gasteiger partial charge in [0.25, 0.3) is 0 Å². The first-order valence-electron chi connectivity index (χ1n) is 8.32. The van der Waals surface area contributed by atoms with Crippen molar-refractivity contribution in [1.82, 2.24) is 9.97 Å². The van der Waals surface area contributed by atoms with Crippen LogP contribution in [0.25, 0.3) is 11.3 Å². The number of pyridine rings is 2. The molecule has 0 bridgehead atoms. The Morgan fingerprint density at radius 1 is 1.15 bits per heavy atom. The van der Waals surface area contributed by atoms with E-state index in [0.29, 0.717) is 28.6 Å². The Labute approximate surface area is 149 Å². The SMILES string of the molecule is O=C(O)c1cc(C2CC2)ccc1Nc1cccnc1-c1ccncc1F. The monoisotopic (exact) mass is 349 g/mol. The Hall–Kier alpha value is -3.28. The second kappa shape index (κ2) is 6.55. The van der Waals surface area contributed by atoms with Crippen molar-refractivity contribution >= 4 is 17.3 Å². The summed E-state index contributed by atoms with van der Waals surface area (Å²) in [6.07, 6.45) is 6.37. The number of hydrogen-bond donors (Lipinski definition) is 2. The summed E-state index contributed by atoms with van der Waals surface area (Å²) in [5.74, 6) is -1.03. The van der Waals surface area contributed by atoms with Crippen molar-refractivity contribution in [2.75, 3.05) is 5.32 Å². The van der Waals surface area contributed by atoms with E-state index in [-0.39, 0.29) is 5.56 Å². The van der Waals surface area contributed by atoms with Gasteiger partial charge in [-0.25, -0.2) is 9.18 Å². The number of aromatic carboxylic acids is 1. The molecule has 130 valence electrons. The highest BCUT2D eigenvalue weighted by molar-refractivity contribution is 5.96. The highest BCUT2D eigenvalue weighted by Gasteiger charge is 2.25. The van der Waals surface area contributed by atoms with Crippen molar-refractivity contribution in [2.45, 2.75) is 18.8 Å². The van der Waals surface area contributed by atoms with Crippen LogP contribution in [0.2, 0.25) is 0 Å². The second-order valence-electron chi connectivity index (χ2n) is 6.26. The van der Waals surface area contributed by atoms with E-state index < -0.39 is 11.8 Å². The maximum atomic E-state index is 14.1. The Morgan fingerprint density at radius 2 is 2.00 bits per heavy atom. The first kappa shape index (κ1) is 16.2. The van der Waals surface area contributed by atoms with Gasteiger partial charge in [-0.3, -0.25) is 9.97 Å². The summed E-state index contributed by atoms with van der Waals surface area (Å²) in [5, 5.41) is 12.7. The van der Waals surface area contributed by atoms with Crippen molar-refractivity contribution in [3.05, 3.63) is 71.9 Å². The minimum atomic E-state index is -1.00. The average molecular weight is 349 g/mol. The molecule has 5 nitrogen and oxygen atoms in total. The van der Waals surface area contributed by atoms with Crippen molar-refractivity contribution in [2.24, 2.45) is 0 Å². The number of nitrogens with zero attached hydrogens (tertiary/aromatic N) is 2. The van der Waals surface area contributed by atoms with Gasteiger partial charge >= 0.3 is 5.97 Å². The molecule has 3 aromatic rings. The maximum absolute atomic E-state index is 14.1. The van der Waals surface area contributed by atoms with Crippen molar-refractivity contribution in [3.63, 3.8) is 0 Å². The lowest BCUT2D eigenvalue weighted by Gasteiger charge is -2.14. The highest BCUT2D eigenvalue weighted by Crippen LogP contribution is 2.41. The fraction of sp³-hybridized carbons (Fsp3) is 0.150. The molecular formula is C20H16FN3O2. The van der Waals surface area contributed by atoms with Gasteiger partial charge in [0.1, 0.15) is 0 Å². The molecule has 0 unspecified atom stereocenters. The lowest BCUT2D eigenvalue weighted by molar-refractivity contribution is 0.0698. The van der Waals surface area contributed by atoms with E-state index in [1.807, 2.05) is 6.07 Å². The van der Waals surface area contributed by atoms with E-state index in [2.05, 4.69) is 15.3 Å². The maximum Gasteiger partial charge on any atom is 0.337 e. The van der Waals surface area contributed by atoms with E-state index >= 15 is 0 Å². The number of carboxylic acid groups (broad SMARTS) is 1. The number of benzene rings is 1. The first-order chi connectivity index (χ1) is 12.6. The second-order valence-corrected chi connectivity index (χ2v) is 6.26. The molecule has 2 aromatic heterocycles. The van der Waals surface area contributed by atoms with Crippen molar-refractivity contribution in [3.8, 4) is 11.3 Å². The Kier molecular flexibility index (Phi) is 4.08. The predicted octanol–water partition coefficient (Wildman–Crippen LogP) is 4.60. The number of rotatable bonds is 5. The van der Waals surface area contributed by atoms with E-state index in [1.165, 1.54) is 12.3 Å². The van der Waals surface area contributed by atoms with Crippen LogP contribution < -0.4 is 5.32 Å². The van der Waals surface area contributed by atoms with Crippen LogP contribution in [0.3, 0.4) is 0 Å².